The Hall–Kier alpha value is -4.81. The number of carboxylic acids is 1. The molecule has 3 N–H and O–H groups in total. The topological polar surface area (TPSA) is 87.7 Å². The summed E-state index contributed by atoms with van der Waals surface area (Å²) in [6, 6.07) is 28.6. The quantitative estimate of drug-likeness (QED) is 0.152. The van der Waals surface area contributed by atoms with E-state index in [2.05, 4.69) is 10.6 Å². The van der Waals surface area contributed by atoms with Crippen molar-refractivity contribution in [3.05, 3.63) is 138 Å². The van der Waals surface area contributed by atoms with Crippen molar-refractivity contribution in [2.24, 2.45) is 0 Å². The van der Waals surface area contributed by atoms with Crippen LogP contribution < -0.4 is 15.4 Å². The second kappa shape index (κ2) is 14.5. The molecule has 4 aromatic carbocycles. The number of hydrogen-bond acceptors (Lipinski definition) is 4. The van der Waals surface area contributed by atoms with Crippen molar-refractivity contribution in [2.75, 3.05) is 11.9 Å². The fourth-order valence-electron chi connectivity index (χ4n) is 4.19. The number of benzene rings is 4. The van der Waals surface area contributed by atoms with Gasteiger partial charge in [-0.1, -0.05) is 96.6 Å². The van der Waals surface area contributed by atoms with Gasteiger partial charge in [0.25, 0.3) is 5.91 Å². The molecule has 208 valence electrons. The Bertz CT molecular complexity index is 1530. The highest BCUT2D eigenvalue weighted by Crippen LogP contribution is 2.33. The van der Waals surface area contributed by atoms with Crippen LogP contribution >= 0.6 is 11.6 Å². The molecule has 4 aromatic rings. The van der Waals surface area contributed by atoms with Gasteiger partial charge in [-0.2, -0.15) is 0 Å². The summed E-state index contributed by atoms with van der Waals surface area (Å²) in [4.78, 5) is 25.3. The molecule has 0 aromatic heterocycles. The van der Waals surface area contributed by atoms with Crippen LogP contribution in [0.15, 0.2) is 121 Å². The van der Waals surface area contributed by atoms with Gasteiger partial charge in [0.1, 0.15) is 17.5 Å². The summed E-state index contributed by atoms with van der Waals surface area (Å²) in [5.41, 5.74) is 3.43. The highest BCUT2D eigenvalue weighted by Gasteiger charge is 2.23. The fourth-order valence-corrected chi connectivity index (χ4v) is 4.36. The molecule has 1 atom stereocenters. The second-order valence-electron chi connectivity index (χ2n) is 9.20. The van der Waals surface area contributed by atoms with Crippen LogP contribution in [0, 0.1) is 0 Å². The zero-order chi connectivity index (χ0) is 29.0. The van der Waals surface area contributed by atoms with E-state index < -0.39 is 17.9 Å². The fraction of sp³-hybridized carbons (Fsp3) is 0.118. The van der Waals surface area contributed by atoms with Crippen LogP contribution in [0.4, 0.5) is 5.69 Å². The number of para-hydroxylation sites is 2. The van der Waals surface area contributed by atoms with Crippen LogP contribution in [0.3, 0.4) is 0 Å². The number of halogens is 1. The van der Waals surface area contributed by atoms with E-state index in [0.717, 1.165) is 22.4 Å². The normalized spacial score (nSPS) is 11.9. The minimum Gasteiger partial charge on any atom is -0.480 e. The molecule has 1 unspecified atom stereocenters. The number of carboxylic acid groups (broad SMARTS) is 1. The molecule has 0 radical (unpaired) electrons. The maximum absolute atomic E-state index is 13.2. The van der Waals surface area contributed by atoms with Gasteiger partial charge in [-0.15, -0.1) is 0 Å². The van der Waals surface area contributed by atoms with E-state index in [4.69, 9.17) is 16.3 Å². The molecule has 1 amide bonds. The van der Waals surface area contributed by atoms with Crippen molar-refractivity contribution in [3.63, 3.8) is 0 Å². The number of allylic oxidation sites excluding steroid dienone is 3. The van der Waals surface area contributed by atoms with E-state index in [1.165, 1.54) is 6.07 Å². The first-order valence-electron chi connectivity index (χ1n) is 13.2. The van der Waals surface area contributed by atoms with Gasteiger partial charge >= 0.3 is 5.97 Å². The zero-order valence-electron chi connectivity index (χ0n) is 22.6. The Morgan fingerprint density at radius 1 is 0.927 bits per heavy atom. The lowest BCUT2D eigenvalue weighted by Crippen LogP contribution is -2.42. The molecule has 0 aliphatic heterocycles. The second-order valence-corrected chi connectivity index (χ2v) is 9.64. The Morgan fingerprint density at radius 3 is 2.39 bits per heavy atom. The Labute approximate surface area is 245 Å². The summed E-state index contributed by atoms with van der Waals surface area (Å²) in [6.45, 7) is 2.41. The molecule has 6 nitrogen and oxygen atoms in total. The van der Waals surface area contributed by atoms with Gasteiger partial charge in [-0.3, -0.25) is 4.79 Å². The summed E-state index contributed by atoms with van der Waals surface area (Å²) < 4.78 is 6.09. The average molecular weight is 567 g/mol. The standard InChI is InChI=1S/C34H31ClN2O4/c1-2-3-4-10-21-36-30-20-19-26(35)23-29(30)33(38)37-31(34(39)40)22-24-15-17-25(18-16-24)28-13-8-9-14-32(28)41-27-11-6-5-7-12-27/h2-20,23,31,36H,21-22H2,1H3,(H,37,38)(H,39,40)/b3-2+,10-4+. The van der Waals surface area contributed by atoms with Crippen molar-refractivity contribution in [1.29, 1.82) is 0 Å². The van der Waals surface area contributed by atoms with E-state index >= 15 is 0 Å². The largest absolute Gasteiger partial charge is 0.480 e. The Morgan fingerprint density at radius 2 is 1.66 bits per heavy atom. The van der Waals surface area contributed by atoms with Crippen LogP contribution in [0.1, 0.15) is 22.8 Å². The highest BCUT2D eigenvalue weighted by atomic mass is 35.5. The number of nitrogens with one attached hydrogen (secondary N) is 2. The first kappa shape index (κ1) is 29.2. The summed E-state index contributed by atoms with van der Waals surface area (Å²) in [6.07, 6.45) is 7.73. The number of hydrogen-bond donors (Lipinski definition) is 3. The van der Waals surface area contributed by atoms with Gasteiger partial charge in [0, 0.05) is 29.2 Å². The van der Waals surface area contributed by atoms with Gasteiger partial charge < -0.3 is 20.5 Å². The number of amides is 1. The predicted molar refractivity (Wildman–Crippen MR) is 165 cm³/mol. The van der Waals surface area contributed by atoms with Gasteiger partial charge in [0.05, 0.1) is 5.56 Å². The summed E-state index contributed by atoms with van der Waals surface area (Å²) in [7, 11) is 0. The monoisotopic (exact) mass is 566 g/mol. The molecular formula is C34H31ClN2O4. The van der Waals surface area contributed by atoms with Crippen molar-refractivity contribution < 1.29 is 19.4 Å². The third-order valence-electron chi connectivity index (χ3n) is 6.24. The molecule has 0 spiro atoms. The highest BCUT2D eigenvalue weighted by molar-refractivity contribution is 6.31. The molecule has 7 heteroatoms. The summed E-state index contributed by atoms with van der Waals surface area (Å²) in [5.74, 6) is -0.205. The SMILES string of the molecule is C/C=C/C=C/CNc1ccc(Cl)cc1C(=O)NC(Cc1ccc(-c2ccccc2Oc2ccccc2)cc1)C(=O)O. The van der Waals surface area contributed by atoms with Crippen molar-refractivity contribution in [1.82, 2.24) is 5.32 Å². The molecule has 4 rings (SSSR count). The summed E-state index contributed by atoms with van der Waals surface area (Å²) in [5, 5.41) is 16.1. The third-order valence-corrected chi connectivity index (χ3v) is 6.48. The Kier molecular flexibility index (Phi) is 10.3. The van der Waals surface area contributed by atoms with E-state index in [1.54, 1.807) is 12.1 Å². The molecule has 0 aliphatic rings. The van der Waals surface area contributed by atoms with Gasteiger partial charge in [-0.05, 0) is 54.4 Å². The maximum Gasteiger partial charge on any atom is 0.326 e. The molecule has 41 heavy (non-hydrogen) atoms. The first-order chi connectivity index (χ1) is 19.9. The first-order valence-corrected chi connectivity index (χ1v) is 13.6. The molecule has 0 bridgehead atoms. The number of carbonyl (C=O) groups excluding carboxylic acids is 1. The van der Waals surface area contributed by atoms with Crippen molar-refractivity contribution in [2.45, 2.75) is 19.4 Å². The number of anilines is 1. The van der Waals surface area contributed by atoms with Crippen LogP contribution in [0.25, 0.3) is 11.1 Å². The molecule has 0 saturated heterocycles. The maximum atomic E-state index is 13.2. The van der Waals surface area contributed by atoms with E-state index in [0.29, 0.717) is 23.0 Å². The smallest absolute Gasteiger partial charge is 0.326 e. The Balaban J connectivity index is 1.47. The summed E-state index contributed by atoms with van der Waals surface area (Å²) >= 11 is 6.16. The lowest BCUT2D eigenvalue weighted by atomic mass is 9.99. The number of carbonyl (C=O) groups is 2. The lowest BCUT2D eigenvalue weighted by molar-refractivity contribution is -0.139. The molecule has 0 fully saturated rings. The van der Waals surface area contributed by atoms with Crippen molar-refractivity contribution >= 4 is 29.2 Å². The van der Waals surface area contributed by atoms with E-state index in [1.807, 2.05) is 110 Å². The molecule has 0 heterocycles. The third kappa shape index (κ3) is 8.34. The van der Waals surface area contributed by atoms with E-state index in [-0.39, 0.29) is 12.0 Å². The molecule has 0 saturated carbocycles. The van der Waals surface area contributed by atoms with Crippen LogP contribution in [-0.4, -0.2) is 29.6 Å². The number of rotatable bonds is 12. The van der Waals surface area contributed by atoms with E-state index in [9.17, 15) is 14.7 Å². The minimum atomic E-state index is -1.14. The van der Waals surface area contributed by atoms with Gasteiger partial charge in [-0.25, -0.2) is 4.79 Å². The zero-order valence-corrected chi connectivity index (χ0v) is 23.3. The average Bonchev–Trinajstić information content (AvgIpc) is 2.98. The number of aliphatic carboxylic acids is 1. The van der Waals surface area contributed by atoms with Crippen molar-refractivity contribution in [3.8, 4) is 22.6 Å². The van der Waals surface area contributed by atoms with Crippen LogP contribution in [0.2, 0.25) is 5.02 Å². The minimum absolute atomic E-state index is 0.110. The lowest BCUT2D eigenvalue weighted by Gasteiger charge is -2.17. The van der Waals surface area contributed by atoms with Gasteiger partial charge in [0.15, 0.2) is 0 Å². The number of ether oxygens (including phenoxy) is 1. The predicted octanol–water partition coefficient (Wildman–Crippen LogP) is 7.77. The van der Waals surface area contributed by atoms with Gasteiger partial charge in [0.2, 0.25) is 0 Å². The molecular weight excluding hydrogens is 536 g/mol. The molecule has 0 aliphatic carbocycles. The van der Waals surface area contributed by atoms with Crippen LogP contribution in [-0.2, 0) is 11.2 Å². The van der Waals surface area contributed by atoms with Crippen LogP contribution in [0.5, 0.6) is 11.5 Å².